The molecule has 0 saturated carbocycles. The minimum atomic E-state index is -0.0177. The van der Waals surface area contributed by atoms with Crippen molar-refractivity contribution < 1.29 is 4.79 Å². The molecule has 2 aromatic carbocycles. The number of hydrogen-bond acceptors (Lipinski definition) is 2. The normalized spacial score (nSPS) is 17.9. The van der Waals surface area contributed by atoms with Crippen molar-refractivity contribution in [2.75, 3.05) is 18.4 Å². The van der Waals surface area contributed by atoms with Gasteiger partial charge in [0.15, 0.2) is 0 Å². The van der Waals surface area contributed by atoms with Crippen molar-refractivity contribution in [2.45, 2.75) is 32.7 Å². The molecule has 1 N–H and O–H groups in total. The number of piperidine rings is 1. The molecule has 1 amide bonds. The number of nitrogens with one attached hydrogen (secondary N) is 1. The molecule has 3 nitrogen and oxygen atoms in total. The molecule has 1 aliphatic rings. The number of nitrogens with zero attached hydrogens (tertiary/aromatic N) is 1. The van der Waals surface area contributed by atoms with Crippen molar-refractivity contribution in [2.24, 2.45) is 5.92 Å². The van der Waals surface area contributed by atoms with E-state index in [2.05, 4.69) is 29.3 Å². The SMILES string of the molecule is CCc1ccc(NC(=O)C2CCCN(Cc3c(Cl)cccc3Cl)C2)cc1. The van der Waals surface area contributed by atoms with Gasteiger partial charge in [-0.1, -0.05) is 48.3 Å². The molecular formula is C21H24Cl2N2O. The first-order valence-corrected chi connectivity index (χ1v) is 9.87. The lowest BCUT2D eigenvalue weighted by molar-refractivity contribution is -0.121. The number of hydrogen-bond donors (Lipinski definition) is 1. The van der Waals surface area contributed by atoms with Gasteiger partial charge in [0.25, 0.3) is 0 Å². The molecule has 1 aliphatic heterocycles. The molecule has 5 heteroatoms. The predicted molar refractivity (Wildman–Crippen MR) is 109 cm³/mol. The van der Waals surface area contributed by atoms with Gasteiger partial charge in [-0.25, -0.2) is 0 Å². The Labute approximate surface area is 165 Å². The molecule has 0 aliphatic carbocycles. The van der Waals surface area contributed by atoms with E-state index in [0.29, 0.717) is 16.6 Å². The van der Waals surface area contributed by atoms with Gasteiger partial charge < -0.3 is 5.32 Å². The topological polar surface area (TPSA) is 32.3 Å². The molecule has 0 radical (unpaired) electrons. The van der Waals surface area contributed by atoms with Gasteiger partial charge in [-0.05, 0) is 55.6 Å². The fourth-order valence-electron chi connectivity index (χ4n) is 3.39. The fraction of sp³-hybridized carbons (Fsp3) is 0.381. The van der Waals surface area contributed by atoms with Crippen molar-refractivity contribution in [3.05, 3.63) is 63.6 Å². The van der Waals surface area contributed by atoms with Crippen LogP contribution < -0.4 is 5.32 Å². The first kappa shape index (κ1) is 19.2. The van der Waals surface area contributed by atoms with E-state index in [4.69, 9.17) is 23.2 Å². The molecule has 26 heavy (non-hydrogen) atoms. The van der Waals surface area contributed by atoms with Crippen molar-refractivity contribution in [3.8, 4) is 0 Å². The highest BCUT2D eigenvalue weighted by Crippen LogP contribution is 2.28. The Balaban J connectivity index is 1.61. The summed E-state index contributed by atoms with van der Waals surface area (Å²) in [6.45, 7) is 4.47. The maximum absolute atomic E-state index is 12.7. The average Bonchev–Trinajstić information content (AvgIpc) is 2.66. The first-order valence-electron chi connectivity index (χ1n) is 9.12. The quantitative estimate of drug-likeness (QED) is 0.740. The number of carbonyl (C=O) groups is 1. The lowest BCUT2D eigenvalue weighted by Gasteiger charge is -2.32. The number of carbonyl (C=O) groups excluding carboxylic acids is 1. The zero-order valence-corrected chi connectivity index (χ0v) is 16.5. The molecule has 138 valence electrons. The number of likely N-dealkylation sites (tertiary alicyclic amines) is 1. The number of anilines is 1. The summed E-state index contributed by atoms with van der Waals surface area (Å²) >= 11 is 12.6. The summed E-state index contributed by atoms with van der Waals surface area (Å²) in [5.74, 6) is 0.0695. The summed E-state index contributed by atoms with van der Waals surface area (Å²) in [5.41, 5.74) is 3.06. The van der Waals surface area contributed by atoms with Gasteiger partial charge in [0, 0.05) is 34.4 Å². The number of benzene rings is 2. The Hall–Kier alpha value is -1.55. The second-order valence-electron chi connectivity index (χ2n) is 6.81. The maximum Gasteiger partial charge on any atom is 0.228 e. The summed E-state index contributed by atoms with van der Waals surface area (Å²) < 4.78 is 0. The number of aryl methyl sites for hydroxylation is 1. The van der Waals surface area contributed by atoms with Crippen LogP contribution in [-0.4, -0.2) is 23.9 Å². The number of rotatable bonds is 5. The van der Waals surface area contributed by atoms with Crippen LogP contribution in [0.1, 0.15) is 30.9 Å². The Kier molecular flexibility index (Phi) is 6.58. The van der Waals surface area contributed by atoms with E-state index >= 15 is 0 Å². The third-order valence-electron chi connectivity index (χ3n) is 4.95. The third kappa shape index (κ3) is 4.79. The van der Waals surface area contributed by atoms with Crippen molar-refractivity contribution in [1.82, 2.24) is 4.90 Å². The Morgan fingerprint density at radius 3 is 2.50 bits per heavy atom. The molecule has 1 atom stereocenters. The minimum Gasteiger partial charge on any atom is -0.326 e. The monoisotopic (exact) mass is 390 g/mol. The van der Waals surface area contributed by atoms with E-state index < -0.39 is 0 Å². The van der Waals surface area contributed by atoms with Crippen molar-refractivity contribution >= 4 is 34.8 Å². The fourth-order valence-corrected chi connectivity index (χ4v) is 3.91. The Morgan fingerprint density at radius 1 is 1.15 bits per heavy atom. The van der Waals surface area contributed by atoms with Crippen LogP contribution in [0.3, 0.4) is 0 Å². The zero-order valence-electron chi connectivity index (χ0n) is 15.0. The highest BCUT2D eigenvalue weighted by Gasteiger charge is 2.26. The summed E-state index contributed by atoms with van der Waals surface area (Å²) in [6, 6.07) is 13.6. The van der Waals surface area contributed by atoms with Gasteiger partial charge in [0.1, 0.15) is 0 Å². The molecule has 1 fully saturated rings. The van der Waals surface area contributed by atoms with Crippen LogP contribution in [0, 0.1) is 5.92 Å². The van der Waals surface area contributed by atoms with Crippen LogP contribution in [0.4, 0.5) is 5.69 Å². The lowest BCUT2D eigenvalue weighted by Crippen LogP contribution is -2.40. The van der Waals surface area contributed by atoms with E-state index in [-0.39, 0.29) is 11.8 Å². The molecule has 1 saturated heterocycles. The lowest BCUT2D eigenvalue weighted by atomic mass is 9.96. The van der Waals surface area contributed by atoms with Gasteiger partial charge in [0.05, 0.1) is 5.92 Å². The molecule has 1 heterocycles. The minimum absolute atomic E-state index is 0.0177. The van der Waals surface area contributed by atoms with E-state index in [9.17, 15) is 4.79 Å². The van der Waals surface area contributed by atoms with Crippen LogP contribution in [0.15, 0.2) is 42.5 Å². The maximum atomic E-state index is 12.7. The highest BCUT2D eigenvalue weighted by molar-refractivity contribution is 6.35. The zero-order chi connectivity index (χ0) is 18.5. The molecular weight excluding hydrogens is 367 g/mol. The van der Waals surface area contributed by atoms with E-state index in [1.165, 1.54) is 5.56 Å². The smallest absolute Gasteiger partial charge is 0.228 e. The van der Waals surface area contributed by atoms with Crippen LogP contribution in [0.5, 0.6) is 0 Å². The Bertz CT molecular complexity index is 741. The van der Waals surface area contributed by atoms with E-state index in [1.807, 2.05) is 30.3 Å². The summed E-state index contributed by atoms with van der Waals surface area (Å²) in [6.07, 6.45) is 2.90. The second-order valence-corrected chi connectivity index (χ2v) is 7.63. The van der Waals surface area contributed by atoms with Gasteiger partial charge in [0.2, 0.25) is 5.91 Å². The van der Waals surface area contributed by atoms with Gasteiger partial charge in [-0.15, -0.1) is 0 Å². The molecule has 1 unspecified atom stereocenters. The van der Waals surface area contributed by atoms with Crippen LogP contribution in [0.2, 0.25) is 10.0 Å². The van der Waals surface area contributed by atoms with E-state index in [0.717, 1.165) is 43.6 Å². The number of amides is 1. The van der Waals surface area contributed by atoms with Gasteiger partial charge in [-0.2, -0.15) is 0 Å². The molecule has 2 aromatic rings. The first-order chi connectivity index (χ1) is 12.6. The molecule has 3 rings (SSSR count). The number of halogens is 2. The predicted octanol–water partition coefficient (Wildman–Crippen LogP) is 5.41. The largest absolute Gasteiger partial charge is 0.326 e. The van der Waals surface area contributed by atoms with Crippen LogP contribution in [0.25, 0.3) is 0 Å². The summed E-state index contributed by atoms with van der Waals surface area (Å²) in [4.78, 5) is 14.9. The van der Waals surface area contributed by atoms with Gasteiger partial charge >= 0.3 is 0 Å². The summed E-state index contributed by atoms with van der Waals surface area (Å²) in [7, 11) is 0. The molecule has 0 aromatic heterocycles. The Morgan fingerprint density at radius 2 is 1.85 bits per heavy atom. The second kappa shape index (κ2) is 8.90. The van der Waals surface area contributed by atoms with Gasteiger partial charge in [-0.3, -0.25) is 9.69 Å². The molecule has 0 spiro atoms. The standard InChI is InChI=1S/C21H24Cl2N2O/c1-2-15-8-10-17(11-9-15)24-21(26)16-5-4-12-25(13-16)14-18-19(22)6-3-7-20(18)23/h3,6-11,16H,2,4-5,12-14H2,1H3,(H,24,26). The van der Waals surface area contributed by atoms with Crippen molar-refractivity contribution in [1.29, 1.82) is 0 Å². The van der Waals surface area contributed by atoms with Crippen LogP contribution >= 0.6 is 23.2 Å². The third-order valence-corrected chi connectivity index (χ3v) is 5.66. The van der Waals surface area contributed by atoms with Crippen molar-refractivity contribution in [3.63, 3.8) is 0 Å². The van der Waals surface area contributed by atoms with Crippen LogP contribution in [-0.2, 0) is 17.8 Å². The summed E-state index contributed by atoms with van der Waals surface area (Å²) in [5, 5.41) is 4.41. The molecule has 0 bridgehead atoms. The van der Waals surface area contributed by atoms with E-state index in [1.54, 1.807) is 0 Å². The highest BCUT2D eigenvalue weighted by atomic mass is 35.5. The average molecular weight is 391 g/mol.